The van der Waals surface area contributed by atoms with Crippen LogP contribution >= 0.6 is 0 Å². The number of ketones is 1. The van der Waals surface area contributed by atoms with Crippen LogP contribution in [0.2, 0.25) is 0 Å². The van der Waals surface area contributed by atoms with Gasteiger partial charge in [-0.15, -0.1) is 0 Å². The zero-order valence-corrected chi connectivity index (χ0v) is 10.4. The van der Waals surface area contributed by atoms with Crippen LogP contribution in [0.25, 0.3) is 0 Å². The minimum atomic E-state index is -1.06. The third kappa shape index (κ3) is 1.80. The van der Waals surface area contributed by atoms with Crippen molar-refractivity contribution in [3.63, 3.8) is 0 Å². The minimum Gasteiger partial charge on any atom is -0.391 e. The number of Topliss-reactive ketones (excluding diaryl/α,β-unsaturated/α-hetero) is 1. The number of hydrogen-bond donors (Lipinski definition) is 1. The van der Waals surface area contributed by atoms with Crippen molar-refractivity contribution in [2.24, 2.45) is 5.41 Å². The first-order valence-electron chi connectivity index (χ1n) is 5.80. The summed E-state index contributed by atoms with van der Waals surface area (Å²) in [6, 6.07) is 2.15. The summed E-state index contributed by atoms with van der Waals surface area (Å²) in [4.78, 5) is 11.7. The van der Waals surface area contributed by atoms with Crippen molar-refractivity contribution in [3.05, 3.63) is 11.6 Å². The zero-order valence-electron chi connectivity index (χ0n) is 10.4. The number of ether oxygens (including phenoxy) is 1. The number of nitriles is 1. The van der Waals surface area contributed by atoms with E-state index in [9.17, 15) is 15.2 Å². The highest BCUT2D eigenvalue weighted by molar-refractivity contribution is 5.96. The van der Waals surface area contributed by atoms with E-state index in [2.05, 4.69) is 6.07 Å². The smallest absolute Gasteiger partial charge is 0.160 e. The molecule has 0 unspecified atom stereocenters. The highest BCUT2D eigenvalue weighted by atomic mass is 16.5. The van der Waals surface area contributed by atoms with Crippen molar-refractivity contribution >= 4 is 5.78 Å². The van der Waals surface area contributed by atoms with E-state index in [-0.39, 0.29) is 12.2 Å². The van der Waals surface area contributed by atoms with E-state index in [1.54, 1.807) is 13.0 Å². The quantitative estimate of drug-likeness (QED) is 0.688. The van der Waals surface area contributed by atoms with E-state index in [1.807, 2.05) is 13.8 Å². The standard InChI is InChI=1S/C13H17NO3/c1-8-5-13(7-14)10(16)6-12(2,3)17-11(13)4-9(8)15/h5,10-11,16H,4,6H2,1-3H3/t10-,11-,13+/m1/s1. The molecule has 4 nitrogen and oxygen atoms in total. The van der Waals surface area contributed by atoms with Gasteiger partial charge in [0.25, 0.3) is 0 Å². The maximum Gasteiger partial charge on any atom is 0.160 e. The summed E-state index contributed by atoms with van der Waals surface area (Å²) in [7, 11) is 0. The van der Waals surface area contributed by atoms with Crippen LogP contribution in [0.1, 0.15) is 33.6 Å². The Labute approximate surface area is 101 Å². The van der Waals surface area contributed by atoms with Crippen molar-refractivity contribution < 1.29 is 14.6 Å². The second kappa shape index (κ2) is 3.66. The minimum absolute atomic E-state index is 0.00854. The number of rotatable bonds is 0. The van der Waals surface area contributed by atoms with Crippen molar-refractivity contribution in [2.45, 2.75) is 51.4 Å². The first-order valence-corrected chi connectivity index (χ1v) is 5.80. The Kier molecular flexibility index (Phi) is 2.64. The summed E-state index contributed by atoms with van der Waals surface area (Å²) in [5.74, 6) is -0.00854. The Morgan fingerprint density at radius 1 is 1.59 bits per heavy atom. The number of aliphatic hydroxyl groups is 1. The van der Waals surface area contributed by atoms with Gasteiger partial charge >= 0.3 is 0 Å². The van der Waals surface area contributed by atoms with Gasteiger partial charge in [0.05, 0.1) is 23.9 Å². The van der Waals surface area contributed by atoms with Gasteiger partial charge in [-0.05, 0) is 26.3 Å². The molecule has 0 aromatic rings. The van der Waals surface area contributed by atoms with Crippen molar-refractivity contribution in [1.29, 1.82) is 5.26 Å². The fourth-order valence-corrected chi connectivity index (χ4v) is 2.73. The monoisotopic (exact) mass is 235 g/mol. The summed E-state index contributed by atoms with van der Waals surface area (Å²) in [6.07, 6.45) is 0.834. The highest BCUT2D eigenvalue weighted by Crippen LogP contribution is 2.46. The Bertz CT molecular complexity index is 432. The molecule has 0 radical (unpaired) electrons. The lowest BCUT2D eigenvalue weighted by Crippen LogP contribution is -2.57. The van der Waals surface area contributed by atoms with Gasteiger partial charge in [-0.3, -0.25) is 4.79 Å². The van der Waals surface area contributed by atoms with E-state index in [0.29, 0.717) is 12.0 Å². The number of carbonyl (C=O) groups excluding carboxylic acids is 1. The Hall–Kier alpha value is -1.18. The average Bonchev–Trinajstić information content (AvgIpc) is 2.20. The molecule has 1 fully saturated rings. The summed E-state index contributed by atoms with van der Waals surface area (Å²) < 4.78 is 5.81. The number of aliphatic hydroxyl groups excluding tert-OH is 1. The number of carbonyl (C=O) groups is 1. The van der Waals surface area contributed by atoms with Crippen LogP contribution in [0.5, 0.6) is 0 Å². The molecule has 1 saturated heterocycles. The maximum atomic E-state index is 11.7. The highest BCUT2D eigenvalue weighted by Gasteiger charge is 2.54. The number of hydrogen-bond acceptors (Lipinski definition) is 4. The second-order valence-electron chi connectivity index (χ2n) is 5.59. The molecule has 0 saturated carbocycles. The van der Waals surface area contributed by atoms with Crippen LogP contribution in [0, 0.1) is 16.7 Å². The second-order valence-corrected chi connectivity index (χ2v) is 5.59. The molecular weight excluding hydrogens is 218 g/mol. The van der Waals surface area contributed by atoms with Crippen molar-refractivity contribution in [2.75, 3.05) is 0 Å². The van der Waals surface area contributed by atoms with Gasteiger partial charge in [-0.25, -0.2) is 0 Å². The maximum absolute atomic E-state index is 11.7. The van der Waals surface area contributed by atoms with Crippen LogP contribution in [0.3, 0.4) is 0 Å². The molecule has 1 N–H and O–H groups in total. The lowest BCUT2D eigenvalue weighted by atomic mass is 9.66. The first kappa shape index (κ1) is 12.3. The lowest BCUT2D eigenvalue weighted by Gasteiger charge is -2.49. The molecule has 2 aliphatic rings. The van der Waals surface area contributed by atoms with Crippen LogP contribution in [-0.2, 0) is 9.53 Å². The van der Waals surface area contributed by atoms with Gasteiger partial charge in [-0.2, -0.15) is 5.26 Å². The van der Waals surface area contributed by atoms with Gasteiger partial charge < -0.3 is 9.84 Å². The van der Waals surface area contributed by atoms with Gasteiger partial charge in [0.15, 0.2) is 5.78 Å². The van der Waals surface area contributed by atoms with E-state index in [0.717, 1.165) is 0 Å². The zero-order chi connectivity index (χ0) is 12.8. The third-order valence-electron chi connectivity index (χ3n) is 3.69. The van der Waals surface area contributed by atoms with Gasteiger partial charge in [-0.1, -0.05) is 6.08 Å². The fourth-order valence-electron chi connectivity index (χ4n) is 2.73. The van der Waals surface area contributed by atoms with E-state index in [1.165, 1.54) is 0 Å². The normalized spacial score (nSPS) is 40.2. The number of fused-ring (bicyclic) bond motifs is 1. The predicted octanol–water partition coefficient (Wildman–Crippen LogP) is 1.34. The van der Waals surface area contributed by atoms with E-state index >= 15 is 0 Å². The lowest BCUT2D eigenvalue weighted by molar-refractivity contribution is -0.191. The summed E-state index contributed by atoms with van der Waals surface area (Å²) >= 11 is 0. The molecule has 0 aromatic heterocycles. The molecule has 1 heterocycles. The molecule has 0 aromatic carbocycles. The molecule has 0 spiro atoms. The Balaban J connectivity index is 2.47. The summed E-state index contributed by atoms with van der Waals surface area (Å²) in [5.41, 5.74) is -1.01. The molecule has 0 amide bonds. The molecule has 92 valence electrons. The molecule has 2 rings (SSSR count). The summed E-state index contributed by atoms with van der Waals surface area (Å²) in [6.45, 7) is 5.42. The largest absolute Gasteiger partial charge is 0.391 e. The van der Waals surface area contributed by atoms with E-state index < -0.39 is 23.2 Å². The average molecular weight is 235 g/mol. The first-order chi connectivity index (χ1) is 7.81. The molecular formula is C13H17NO3. The van der Waals surface area contributed by atoms with Crippen LogP contribution < -0.4 is 0 Å². The molecule has 4 heteroatoms. The summed E-state index contributed by atoms with van der Waals surface area (Å²) in [5, 5.41) is 19.6. The van der Waals surface area contributed by atoms with Crippen molar-refractivity contribution in [3.8, 4) is 6.07 Å². The van der Waals surface area contributed by atoms with Crippen LogP contribution in [0.4, 0.5) is 0 Å². The Morgan fingerprint density at radius 2 is 2.24 bits per heavy atom. The molecule has 0 bridgehead atoms. The van der Waals surface area contributed by atoms with E-state index in [4.69, 9.17) is 4.74 Å². The SMILES string of the molecule is CC1=C[C@]2(C#N)[C@H](O)CC(C)(C)O[C@@H]2CC1=O. The Morgan fingerprint density at radius 3 is 2.82 bits per heavy atom. The van der Waals surface area contributed by atoms with Crippen molar-refractivity contribution in [1.82, 2.24) is 0 Å². The topological polar surface area (TPSA) is 70.3 Å². The predicted molar refractivity (Wildman–Crippen MR) is 61.0 cm³/mol. The molecule has 1 aliphatic heterocycles. The van der Waals surface area contributed by atoms with Gasteiger partial charge in [0.2, 0.25) is 0 Å². The third-order valence-corrected chi connectivity index (χ3v) is 3.69. The number of allylic oxidation sites excluding steroid dienone is 1. The van der Waals surface area contributed by atoms with Crippen LogP contribution in [-0.4, -0.2) is 28.7 Å². The van der Waals surface area contributed by atoms with Gasteiger partial charge in [0, 0.05) is 12.8 Å². The number of nitrogens with zero attached hydrogens (tertiary/aromatic N) is 1. The molecule has 3 atom stereocenters. The van der Waals surface area contributed by atoms with Crippen LogP contribution in [0.15, 0.2) is 11.6 Å². The molecule has 1 aliphatic carbocycles. The molecule has 17 heavy (non-hydrogen) atoms. The fraction of sp³-hybridized carbons (Fsp3) is 0.692. The van der Waals surface area contributed by atoms with Gasteiger partial charge in [0.1, 0.15) is 5.41 Å².